The Bertz CT molecular complexity index is 638. The Morgan fingerprint density at radius 3 is 2.53 bits per heavy atom. The molecule has 0 atom stereocenters. The van der Waals surface area contributed by atoms with Crippen LogP contribution in [0.1, 0.15) is 21.5 Å². The van der Waals surface area contributed by atoms with Crippen LogP contribution >= 0.6 is 15.9 Å². The van der Waals surface area contributed by atoms with Gasteiger partial charge in [-0.2, -0.15) is 0 Å². The monoisotopic (exact) mass is 318 g/mol. The second-order valence-electron chi connectivity index (χ2n) is 4.49. The van der Waals surface area contributed by atoms with Crippen LogP contribution in [0.15, 0.2) is 40.9 Å². The van der Waals surface area contributed by atoms with Crippen LogP contribution in [0.3, 0.4) is 0 Å². The number of hydrogen-bond donors (Lipinski definition) is 2. The summed E-state index contributed by atoms with van der Waals surface area (Å²) >= 11 is 3.40. The number of carbonyl (C=O) groups is 1. The van der Waals surface area contributed by atoms with E-state index < -0.39 is 0 Å². The third-order valence-electron chi connectivity index (χ3n) is 2.94. The van der Waals surface area contributed by atoms with Gasteiger partial charge in [0.15, 0.2) is 0 Å². The van der Waals surface area contributed by atoms with Gasteiger partial charge in [-0.1, -0.05) is 22.0 Å². The van der Waals surface area contributed by atoms with Crippen LogP contribution in [0.25, 0.3) is 0 Å². The predicted octanol–water partition coefficient (Wildman–Crippen LogP) is 3.90. The first-order valence-corrected chi connectivity index (χ1v) is 6.70. The number of nitrogens with two attached hydrogens (primary N) is 1. The van der Waals surface area contributed by atoms with Crippen molar-refractivity contribution < 1.29 is 4.79 Å². The largest absolute Gasteiger partial charge is 0.399 e. The molecule has 0 unspecified atom stereocenters. The van der Waals surface area contributed by atoms with Crippen molar-refractivity contribution in [2.45, 2.75) is 13.8 Å². The number of aryl methyl sites for hydroxylation is 2. The Morgan fingerprint density at radius 1 is 1.11 bits per heavy atom. The maximum Gasteiger partial charge on any atom is 0.256 e. The zero-order chi connectivity index (χ0) is 14.0. The number of nitrogens with one attached hydrogen (secondary N) is 1. The fraction of sp³-hybridized carbons (Fsp3) is 0.133. The van der Waals surface area contributed by atoms with Crippen molar-refractivity contribution in [3.8, 4) is 0 Å². The van der Waals surface area contributed by atoms with Gasteiger partial charge < -0.3 is 11.1 Å². The summed E-state index contributed by atoms with van der Waals surface area (Å²) in [5.41, 5.74) is 9.62. The van der Waals surface area contributed by atoms with Crippen molar-refractivity contribution >= 4 is 33.2 Å². The van der Waals surface area contributed by atoms with Crippen molar-refractivity contribution in [3.05, 3.63) is 57.6 Å². The number of benzene rings is 2. The van der Waals surface area contributed by atoms with Crippen molar-refractivity contribution in [2.24, 2.45) is 0 Å². The lowest BCUT2D eigenvalue weighted by Crippen LogP contribution is -2.14. The molecule has 98 valence electrons. The predicted molar refractivity (Wildman–Crippen MR) is 82.4 cm³/mol. The minimum absolute atomic E-state index is 0.143. The van der Waals surface area contributed by atoms with E-state index in [-0.39, 0.29) is 5.91 Å². The van der Waals surface area contributed by atoms with Gasteiger partial charge in [0.05, 0.1) is 0 Å². The van der Waals surface area contributed by atoms with E-state index >= 15 is 0 Å². The van der Waals surface area contributed by atoms with E-state index in [1.54, 1.807) is 12.1 Å². The molecule has 0 bridgehead atoms. The van der Waals surface area contributed by atoms with Gasteiger partial charge in [0.2, 0.25) is 0 Å². The standard InChI is InChI=1S/C15H15BrN2O/c1-9-3-5-12(17)8-13(9)15(19)18-14-6-4-11(16)7-10(14)2/h3-8H,17H2,1-2H3,(H,18,19). The summed E-state index contributed by atoms with van der Waals surface area (Å²) in [4.78, 5) is 12.2. The van der Waals surface area contributed by atoms with Gasteiger partial charge in [0.25, 0.3) is 5.91 Å². The van der Waals surface area contributed by atoms with Gasteiger partial charge in [-0.05, 0) is 55.3 Å². The molecule has 0 aliphatic carbocycles. The molecule has 0 heterocycles. The van der Waals surface area contributed by atoms with Crippen molar-refractivity contribution in [2.75, 3.05) is 11.1 Å². The summed E-state index contributed by atoms with van der Waals surface area (Å²) in [6, 6.07) is 11.1. The number of amides is 1. The van der Waals surface area contributed by atoms with E-state index in [2.05, 4.69) is 21.2 Å². The third-order valence-corrected chi connectivity index (χ3v) is 3.44. The van der Waals surface area contributed by atoms with E-state index in [0.717, 1.165) is 21.3 Å². The highest BCUT2D eigenvalue weighted by molar-refractivity contribution is 9.10. The minimum Gasteiger partial charge on any atom is -0.399 e. The Morgan fingerprint density at radius 2 is 1.84 bits per heavy atom. The minimum atomic E-state index is -0.143. The molecule has 2 rings (SSSR count). The van der Waals surface area contributed by atoms with Crippen LogP contribution < -0.4 is 11.1 Å². The first kappa shape index (κ1) is 13.6. The Hall–Kier alpha value is -1.81. The normalized spacial score (nSPS) is 10.3. The fourth-order valence-electron chi connectivity index (χ4n) is 1.84. The molecular formula is C15H15BrN2O. The van der Waals surface area contributed by atoms with Crippen LogP contribution in [0.5, 0.6) is 0 Å². The van der Waals surface area contributed by atoms with E-state index in [1.807, 2.05) is 38.1 Å². The van der Waals surface area contributed by atoms with Crippen molar-refractivity contribution in [1.29, 1.82) is 0 Å². The van der Waals surface area contributed by atoms with Gasteiger partial charge in [0.1, 0.15) is 0 Å². The van der Waals surface area contributed by atoms with Crippen molar-refractivity contribution in [1.82, 2.24) is 0 Å². The first-order chi connectivity index (χ1) is 8.97. The SMILES string of the molecule is Cc1cc(Br)ccc1NC(=O)c1cc(N)ccc1C. The summed E-state index contributed by atoms with van der Waals surface area (Å²) in [7, 11) is 0. The lowest BCUT2D eigenvalue weighted by atomic mass is 10.1. The summed E-state index contributed by atoms with van der Waals surface area (Å²) < 4.78 is 0.989. The first-order valence-electron chi connectivity index (χ1n) is 5.91. The number of halogens is 1. The number of nitrogen functional groups attached to an aromatic ring is 1. The highest BCUT2D eigenvalue weighted by Gasteiger charge is 2.11. The molecule has 4 heteroatoms. The van der Waals surface area contributed by atoms with Crippen LogP contribution in [0, 0.1) is 13.8 Å². The molecule has 0 fully saturated rings. The van der Waals surface area contributed by atoms with Gasteiger partial charge in [-0.15, -0.1) is 0 Å². The number of hydrogen-bond acceptors (Lipinski definition) is 2. The molecule has 0 aliphatic rings. The molecule has 0 saturated carbocycles. The molecule has 2 aromatic rings. The Balaban J connectivity index is 2.28. The van der Waals surface area contributed by atoms with Gasteiger partial charge in [0, 0.05) is 21.4 Å². The number of rotatable bonds is 2. The summed E-state index contributed by atoms with van der Waals surface area (Å²) in [5.74, 6) is -0.143. The van der Waals surface area contributed by atoms with E-state index in [0.29, 0.717) is 11.3 Å². The highest BCUT2D eigenvalue weighted by atomic mass is 79.9. The van der Waals surface area contributed by atoms with E-state index in [1.165, 1.54) is 0 Å². The average Bonchev–Trinajstić information content (AvgIpc) is 2.35. The maximum absolute atomic E-state index is 12.2. The smallest absolute Gasteiger partial charge is 0.256 e. The summed E-state index contributed by atoms with van der Waals surface area (Å²) in [6.07, 6.45) is 0. The molecule has 3 nitrogen and oxygen atoms in total. The second-order valence-corrected chi connectivity index (χ2v) is 5.40. The fourth-order valence-corrected chi connectivity index (χ4v) is 2.32. The summed E-state index contributed by atoms with van der Waals surface area (Å²) in [5, 5.41) is 2.91. The molecule has 0 spiro atoms. The van der Waals surface area contributed by atoms with E-state index in [9.17, 15) is 4.79 Å². The van der Waals surface area contributed by atoms with Crippen molar-refractivity contribution in [3.63, 3.8) is 0 Å². The molecule has 3 N–H and O–H groups in total. The quantitative estimate of drug-likeness (QED) is 0.825. The van der Waals surface area contributed by atoms with Gasteiger partial charge >= 0.3 is 0 Å². The van der Waals surface area contributed by atoms with E-state index in [4.69, 9.17) is 5.73 Å². The molecule has 0 saturated heterocycles. The molecule has 19 heavy (non-hydrogen) atoms. The Labute approximate surface area is 121 Å². The molecule has 2 aromatic carbocycles. The molecule has 0 radical (unpaired) electrons. The van der Waals surface area contributed by atoms with Crippen LogP contribution in [0.2, 0.25) is 0 Å². The molecule has 0 aliphatic heterocycles. The third kappa shape index (κ3) is 3.15. The summed E-state index contributed by atoms with van der Waals surface area (Å²) in [6.45, 7) is 3.84. The lowest BCUT2D eigenvalue weighted by Gasteiger charge is -2.11. The molecular weight excluding hydrogens is 304 g/mol. The Kier molecular flexibility index (Phi) is 3.90. The topological polar surface area (TPSA) is 55.1 Å². The molecule has 1 amide bonds. The van der Waals surface area contributed by atoms with Crippen LogP contribution in [-0.4, -0.2) is 5.91 Å². The zero-order valence-corrected chi connectivity index (χ0v) is 12.4. The zero-order valence-electron chi connectivity index (χ0n) is 10.8. The average molecular weight is 319 g/mol. The van der Waals surface area contributed by atoms with Gasteiger partial charge in [-0.3, -0.25) is 4.79 Å². The highest BCUT2D eigenvalue weighted by Crippen LogP contribution is 2.21. The van der Waals surface area contributed by atoms with Crippen LogP contribution in [0.4, 0.5) is 11.4 Å². The second kappa shape index (κ2) is 5.45. The van der Waals surface area contributed by atoms with Crippen LogP contribution in [-0.2, 0) is 0 Å². The lowest BCUT2D eigenvalue weighted by molar-refractivity contribution is 0.102. The number of carbonyl (C=O) groups excluding carboxylic acids is 1. The maximum atomic E-state index is 12.2. The number of anilines is 2. The van der Waals surface area contributed by atoms with Gasteiger partial charge in [-0.25, -0.2) is 0 Å². The molecule has 0 aromatic heterocycles.